The molecule has 0 saturated carbocycles. The van der Waals surface area contributed by atoms with Gasteiger partial charge in [-0.1, -0.05) is 11.6 Å². The summed E-state index contributed by atoms with van der Waals surface area (Å²) in [5.74, 6) is -0.00325. The lowest BCUT2D eigenvalue weighted by molar-refractivity contribution is -0.140. The summed E-state index contributed by atoms with van der Waals surface area (Å²) in [4.78, 5) is 13.1. The molecular weight excluding hydrogens is 245 g/mol. The predicted molar refractivity (Wildman–Crippen MR) is 49.6 cm³/mol. The maximum absolute atomic E-state index is 12.3. The van der Waals surface area contributed by atoms with E-state index in [0.717, 1.165) is 0 Å². The molecule has 2 aromatic rings. The van der Waals surface area contributed by atoms with Crippen molar-refractivity contribution in [3.8, 4) is 11.5 Å². The van der Waals surface area contributed by atoms with E-state index in [9.17, 15) is 13.2 Å². The topological polar surface area (TPSA) is 54.5 Å². The van der Waals surface area contributed by atoms with Crippen LogP contribution in [0.5, 0.6) is 0 Å². The minimum atomic E-state index is -4.45. The van der Waals surface area contributed by atoms with Crippen molar-refractivity contribution in [2.24, 2.45) is 0 Å². The lowest BCUT2D eigenvalue weighted by Crippen LogP contribution is -2.04. The monoisotopic (exact) mass is 248 g/mol. The third-order valence-corrected chi connectivity index (χ3v) is 1.94. The number of rotatable bonds is 1. The highest BCUT2D eigenvalue weighted by Gasteiger charge is 2.33. The molecule has 0 spiro atoms. The second-order valence-corrected chi connectivity index (χ2v) is 3.25. The zero-order chi connectivity index (χ0) is 11.8. The minimum Gasteiger partial charge on any atom is -0.333 e. The highest BCUT2D eigenvalue weighted by molar-refractivity contribution is 6.29. The first kappa shape index (κ1) is 10.9. The summed E-state index contributed by atoms with van der Waals surface area (Å²) in [5.41, 5.74) is -0.737. The second-order valence-electron chi connectivity index (χ2n) is 2.87. The quantitative estimate of drug-likeness (QED) is 0.844. The largest absolute Gasteiger partial charge is 0.432 e. The number of hydrogen-bond acceptors (Lipinski definition) is 3. The molecule has 0 radical (unpaired) electrons. The first-order chi connectivity index (χ1) is 7.47. The maximum atomic E-state index is 12.3. The van der Waals surface area contributed by atoms with E-state index in [4.69, 9.17) is 11.6 Å². The van der Waals surface area contributed by atoms with Gasteiger partial charge in [-0.25, -0.2) is 15.0 Å². The van der Waals surface area contributed by atoms with Gasteiger partial charge in [0.15, 0.2) is 5.82 Å². The average molecular weight is 249 g/mol. The fraction of sp³-hybridized carbons (Fsp3) is 0.125. The number of imidazole rings is 1. The van der Waals surface area contributed by atoms with E-state index < -0.39 is 11.9 Å². The van der Waals surface area contributed by atoms with E-state index in [1.54, 1.807) is 0 Å². The average Bonchev–Trinajstić information content (AvgIpc) is 2.67. The molecule has 0 aliphatic carbocycles. The summed E-state index contributed by atoms with van der Waals surface area (Å²) in [7, 11) is 0. The van der Waals surface area contributed by atoms with Crippen molar-refractivity contribution in [2.75, 3.05) is 0 Å². The van der Waals surface area contributed by atoms with Gasteiger partial charge in [0, 0.05) is 0 Å². The van der Waals surface area contributed by atoms with E-state index >= 15 is 0 Å². The number of H-pyrrole nitrogens is 1. The first-order valence-corrected chi connectivity index (χ1v) is 4.45. The number of aromatic amines is 1. The van der Waals surface area contributed by atoms with Crippen LogP contribution in [0.4, 0.5) is 13.2 Å². The molecule has 0 atom stereocenters. The minimum absolute atomic E-state index is 0.00325. The lowest BCUT2D eigenvalue weighted by atomic mass is 10.4. The highest BCUT2D eigenvalue weighted by Crippen LogP contribution is 2.28. The smallest absolute Gasteiger partial charge is 0.333 e. The number of nitrogens with zero attached hydrogens (tertiary/aromatic N) is 3. The number of aromatic nitrogens is 4. The van der Waals surface area contributed by atoms with Crippen molar-refractivity contribution < 1.29 is 13.2 Å². The van der Waals surface area contributed by atoms with Gasteiger partial charge in [0.1, 0.15) is 16.5 Å². The number of nitrogens with one attached hydrogen (secondary N) is 1. The van der Waals surface area contributed by atoms with Crippen molar-refractivity contribution in [1.29, 1.82) is 0 Å². The normalized spacial score (nSPS) is 11.8. The summed E-state index contributed by atoms with van der Waals surface area (Å²) in [5, 5.41) is 0.159. The van der Waals surface area contributed by atoms with Gasteiger partial charge in [-0.3, -0.25) is 0 Å². The Balaban J connectivity index is 2.35. The van der Waals surface area contributed by atoms with Gasteiger partial charge >= 0.3 is 6.18 Å². The molecule has 0 bridgehead atoms. The molecule has 0 amide bonds. The van der Waals surface area contributed by atoms with Crippen LogP contribution >= 0.6 is 11.6 Å². The highest BCUT2D eigenvalue weighted by atomic mass is 35.5. The fourth-order valence-electron chi connectivity index (χ4n) is 1.03. The van der Waals surface area contributed by atoms with Crippen LogP contribution in [0.2, 0.25) is 5.15 Å². The SMILES string of the molecule is FC(F)(F)c1cnc(-c2cnc(Cl)cn2)[nH]1. The second kappa shape index (κ2) is 3.75. The van der Waals surface area contributed by atoms with Crippen LogP contribution in [0.25, 0.3) is 11.5 Å². The fourth-order valence-corrected chi connectivity index (χ4v) is 1.13. The zero-order valence-corrected chi connectivity index (χ0v) is 8.34. The lowest BCUT2D eigenvalue weighted by Gasteiger charge is -2.00. The van der Waals surface area contributed by atoms with Crippen LogP contribution in [-0.2, 0) is 6.18 Å². The Kier molecular flexibility index (Phi) is 2.55. The summed E-state index contributed by atoms with van der Waals surface area (Å²) < 4.78 is 36.8. The van der Waals surface area contributed by atoms with E-state index in [1.165, 1.54) is 12.4 Å². The Morgan fingerprint density at radius 2 is 1.81 bits per heavy atom. The summed E-state index contributed by atoms with van der Waals surface area (Å²) >= 11 is 5.49. The van der Waals surface area contributed by atoms with Crippen molar-refractivity contribution in [2.45, 2.75) is 6.18 Å². The van der Waals surface area contributed by atoms with Gasteiger partial charge in [-0.05, 0) is 0 Å². The third-order valence-electron chi connectivity index (χ3n) is 1.74. The van der Waals surface area contributed by atoms with Gasteiger partial charge in [0.2, 0.25) is 0 Å². The van der Waals surface area contributed by atoms with E-state index in [2.05, 4.69) is 19.9 Å². The molecule has 4 nitrogen and oxygen atoms in total. The standard InChI is InChI=1S/C8H4ClF3N4/c9-6-3-13-4(1-14-6)7-15-2-5(16-7)8(10,11)12/h1-3H,(H,15,16). The summed E-state index contributed by atoms with van der Waals surface area (Å²) in [6.45, 7) is 0. The number of alkyl halides is 3. The molecule has 2 rings (SSSR count). The molecule has 16 heavy (non-hydrogen) atoms. The Morgan fingerprint density at radius 1 is 1.06 bits per heavy atom. The first-order valence-electron chi connectivity index (χ1n) is 4.07. The molecular formula is C8H4ClF3N4. The zero-order valence-electron chi connectivity index (χ0n) is 7.59. The Hall–Kier alpha value is -1.63. The van der Waals surface area contributed by atoms with Crippen LogP contribution in [0, 0.1) is 0 Å². The number of hydrogen-bond donors (Lipinski definition) is 1. The van der Waals surface area contributed by atoms with Crippen molar-refractivity contribution in [3.63, 3.8) is 0 Å². The van der Waals surface area contributed by atoms with E-state index in [-0.39, 0.29) is 16.7 Å². The molecule has 8 heteroatoms. The van der Waals surface area contributed by atoms with Crippen molar-refractivity contribution in [1.82, 2.24) is 19.9 Å². The van der Waals surface area contributed by atoms with Gasteiger partial charge in [-0.15, -0.1) is 0 Å². The van der Waals surface area contributed by atoms with Crippen LogP contribution in [0.3, 0.4) is 0 Å². The molecule has 0 unspecified atom stereocenters. The molecule has 2 aromatic heterocycles. The van der Waals surface area contributed by atoms with Crippen molar-refractivity contribution in [3.05, 3.63) is 29.4 Å². The van der Waals surface area contributed by atoms with E-state index in [1.807, 2.05) is 0 Å². The molecule has 0 aliphatic rings. The predicted octanol–water partition coefficient (Wildman–Crippen LogP) is 2.54. The van der Waals surface area contributed by atoms with Gasteiger partial charge in [0.25, 0.3) is 0 Å². The molecule has 0 fully saturated rings. The van der Waals surface area contributed by atoms with Gasteiger partial charge in [-0.2, -0.15) is 13.2 Å². The maximum Gasteiger partial charge on any atom is 0.432 e. The molecule has 0 aliphatic heterocycles. The van der Waals surface area contributed by atoms with E-state index in [0.29, 0.717) is 6.20 Å². The van der Waals surface area contributed by atoms with Crippen LogP contribution in [-0.4, -0.2) is 19.9 Å². The summed E-state index contributed by atoms with van der Waals surface area (Å²) in [6, 6.07) is 0. The van der Waals surface area contributed by atoms with Crippen LogP contribution < -0.4 is 0 Å². The molecule has 1 N–H and O–H groups in total. The van der Waals surface area contributed by atoms with Gasteiger partial charge in [0.05, 0.1) is 18.6 Å². The Labute approximate surface area is 92.5 Å². The number of halogens is 4. The van der Waals surface area contributed by atoms with Crippen LogP contribution in [0.1, 0.15) is 5.69 Å². The Bertz CT molecular complexity index is 491. The molecule has 0 saturated heterocycles. The third kappa shape index (κ3) is 2.13. The van der Waals surface area contributed by atoms with Crippen molar-refractivity contribution >= 4 is 11.6 Å². The summed E-state index contributed by atoms with van der Waals surface area (Å²) in [6.07, 6.45) is -1.29. The molecule has 84 valence electrons. The van der Waals surface area contributed by atoms with Crippen LogP contribution in [0.15, 0.2) is 18.6 Å². The molecule has 0 aromatic carbocycles. The Morgan fingerprint density at radius 3 is 2.31 bits per heavy atom. The molecule has 2 heterocycles. The van der Waals surface area contributed by atoms with Gasteiger partial charge < -0.3 is 4.98 Å².